The number of hydrogen-bond acceptors (Lipinski definition) is 6. The van der Waals surface area contributed by atoms with Crippen LogP contribution in [-0.2, 0) is 4.74 Å². The average molecular weight is 417 g/mol. The summed E-state index contributed by atoms with van der Waals surface area (Å²) in [5.74, 6) is -1.72. The molecule has 0 amide bonds. The van der Waals surface area contributed by atoms with Crippen molar-refractivity contribution in [1.82, 2.24) is 4.57 Å². The predicted octanol–water partition coefficient (Wildman–Crippen LogP) is 1.88. The van der Waals surface area contributed by atoms with Crippen molar-refractivity contribution < 1.29 is 23.8 Å². The molecule has 1 saturated carbocycles. The van der Waals surface area contributed by atoms with E-state index in [9.17, 15) is 14.7 Å². The maximum absolute atomic E-state index is 15.5. The number of halogens is 1. The predicted molar refractivity (Wildman–Crippen MR) is 108 cm³/mol. The summed E-state index contributed by atoms with van der Waals surface area (Å²) in [5, 5.41) is 9.47. The van der Waals surface area contributed by atoms with Crippen LogP contribution in [0.15, 0.2) is 17.1 Å². The minimum atomic E-state index is -1.33. The number of nitrogens with two attached hydrogens (primary N) is 1. The number of carboxylic acids is 1. The maximum Gasteiger partial charge on any atom is 0.341 e. The van der Waals surface area contributed by atoms with E-state index in [1.54, 1.807) is 4.57 Å². The van der Waals surface area contributed by atoms with Gasteiger partial charge in [0.15, 0.2) is 11.6 Å². The number of fused-ring (bicyclic) bond motifs is 2. The van der Waals surface area contributed by atoms with Crippen LogP contribution in [0.3, 0.4) is 0 Å². The van der Waals surface area contributed by atoms with Gasteiger partial charge in [-0.3, -0.25) is 4.79 Å². The lowest BCUT2D eigenvalue weighted by atomic mass is 10.1. The fourth-order valence-corrected chi connectivity index (χ4v) is 5.00. The number of carbonyl (C=O) groups is 1. The Bertz CT molecular complexity index is 1110. The molecule has 0 radical (unpaired) electrons. The standard InChI is InChI=1S/C21H24FN3O5/c1-9-5-15-19(30-9)14(23)8-25(15)17-13(22)6-11-16(20(17)29-2)24(10-3-4-10)7-12(18(11)26)21(27)28/h6-7,9-10,14-15,19H,3-5,8,23H2,1-2H3,(H,27,28)/t9?,14-,15-,19-/m1/s1. The van der Waals surface area contributed by atoms with Gasteiger partial charge >= 0.3 is 5.97 Å². The molecule has 1 aromatic heterocycles. The normalized spacial score (nSPS) is 28.2. The highest BCUT2D eigenvalue weighted by molar-refractivity contribution is 5.97. The molecule has 2 saturated heterocycles. The van der Waals surface area contributed by atoms with Crippen molar-refractivity contribution >= 4 is 22.6 Å². The lowest BCUT2D eigenvalue weighted by Gasteiger charge is -2.28. The number of aromatic carboxylic acids is 1. The Hall–Kier alpha value is -2.65. The molecular formula is C21H24FN3O5. The van der Waals surface area contributed by atoms with E-state index in [4.69, 9.17) is 15.2 Å². The summed E-state index contributed by atoms with van der Waals surface area (Å²) >= 11 is 0. The SMILES string of the molecule is COc1c(N2C[C@@H](N)[C@H]3OC(C)C[C@H]32)c(F)cc2c(=O)c(C(=O)O)cn(C3CC3)c12. The molecule has 3 N–H and O–H groups in total. The number of benzene rings is 1. The molecule has 3 aliphatic rings. The molecule has 0 spiro atoms. The van der Waals surface area contributed by atoms with Crippen molar-refractivity contribution in [3.05, 3.63) is 33.9 Å². The molecule has 2 aliphatic heterocycles. The first-order valence-electron chi connectivity index (χ1n) is 10.2. The van der Waals surface area contributed by atoms with E-state index in [1.165, 1.54) is 13.3 Å². The highest BCUT2D eigenvalue weighted by atomic mass is 19.1. The molecule has 30 heavy (non-hydrogen) atoms. The van der Waals surface area contributed by atoms with E-state index in [-0.39, 0.29) is 52.7 Å². The minimum absolute atomic E-state index is 0.0102. The van der Waals surface area contributed by atoms with Crippen LogP contribution < -0.4 is 20.8 Å². The number of ether oxygens (including phenoxy) is 2. The Morgan fingerprint density at radius 2 is 2.13 bits per heavy atom. The van der Waals surface area contributed by atoms with Crippen molar-refractivity contribution in [2.45, 2.75) is 56.5 Å². The number of pyridine rings is 1. The molecular weight excluding hydrogens is 393 g/mol. The van der Waals surface area contributed by atoms with Gasteiger partial charge in [-0.2, -0.15) is 0 Å². The van der Waals surface area contributed by atoms with Crippen LogP contribution in [-0.4, -0.2) is 53.6 Å². The van der Waals surface area contributed by atoms with E-state index in [1.807, 2.05) is 11.8 Å². The first-order valence-corrected chi connectivity index (χ1v) is 10.2. The zero-order valence-electron chi connectivity index (χ0n) is 16.8. The zero-order valence-corrected chi connectivity index (χ0v) is 16.8. The van der Waals surface area contributed by atoms with Crippen molar-refractivity contribution in [1.29, 1.82) is 0 Å². The van der Waals surface area contributed by atoms with Gasteiger partial charge in [-0.15, -0.1) is 0 Å². The lowest BCUT2D eigenvalue weighted by Crippen LogP contribution is -2.35. The summed E-state index contributed by atoms with van der Waals surface area (Å²) in [6, 6.07) is 0.843. The molecule has 160 valence electrons. The van der Waals surface area contributed by atoms with E-state index in [0.29, 0.717) is 18.5 Å². The molecule has 9 heteroatoms. The van der Waals surface area contributed by atoms with E-state index < -0.39 is 17.2 Å². The number of methoxy groups -OCH3 is 1. The van der Waals surface area contributed by atoms with Crippen molar-refractivity contribution in [2.24, 2.45) is 5.73 Å². The summed E-state index contributed by atoms with van der Waals surface area (Å²) in [6.07, 6.45) is 3.61. The summed E-state index contributed by atoms with van der Waals surface area (Å²) in [6.45, 7) is 2.37. The van der Waals surface area contributed by atoms with Gasteiger partial charge in [-0.1, -0.05) is 0 Å². The molecule has 0 bridgehead atoms. The van der Waals surface area contributed by atoms with Gasteiger partial charge in [-0.05, 0) is 32.3 Å². The molecule has 1 aliphatic carbocycles. The quantitative estimate of drug-likeness (QED) is 0.782. The summed E-state index contributed by atoms with van der Waals surface area (Å²) in [4.78, 5) is 26.3. The maximum atomic E-state index is 15.5. The topological polar surface area (TPSA) is 107 Å². The second-order valence-electron chi connectivity index (χ2n) is 8.48. The van der Waals surface area contributed by atoms with Crippen LogP contribution in [0.4, 0.5) is 10.1 Å². The third kappa shape index (κ3) is 2.72. The van der Waals surface area contributed by atoms with E-state index in [2.05, 4.69) is 0 Å². The van der Waals surface area contributed by atoms with Gasteiger partial charge < -0.3 is 29.8 Å². The Labute approximate surface area is 172 Å². The number of carboxylic acid groups (broad SMARTS) is 1. The van der Waals surface area contributed by atoms with Gasteiger partial charge in [0.05, 0.1) is 42.3 Å². The van der Waals surface area contributed by atoms with Crippen LogP contribution in [0, 0.1) is 5.82 Å². The van der Waals surface area contributed by atoms with Crippen molar-refractivity contribution in [3.8, 4) is 5.75 Å². The Morgan fingerprint density at radius 1 is 1.40 bits per heavy atom. The van der Waals surface area contributed by atoms with Crippen LogP contribution in [0.2, 0.25) is 0 Å². The monoisotopic (exact) mass is 417 g/mol. The van der Waals surface area contributed by atoms with Crippen molar-refractivity contribution in [3.63, 3.8) is 0 Å². The van der Waals surface area contributed by atoms with Crippen molar-refractivity contribution in [2.75, 3.05) is 18.6 Å². The number of rotatable bonds is 4. The van der Waals surface area contributed by atoms with Crippen LogP contribution in [0.5, 0.6) is 5.75 Å². The smallest absolute Gasteiger partial charge is 0.341 e. The van der Waals surface area contributed by atoms with E-state index >= 15 is 4.39 Å². The van der Waals surface area contributed by atoms with E-state index in [0.717, 1.165) is 18.9 Å². The number of nitrogens with zero attached hydrogens (tertiary/aromatic N) is 2. The summed E-state index contributed by atoms with van der Waals surface area (Å²) in [7, 11) is 1.44. The fourth-order valence-electron chi connectivity index (χ4n) is 5.00. The van der Waals surface area contributed by atoms with Gasteiger partial charge in [0.25, 0.3) is 0 Å². The molecule has 2 aromatic rings. The number of aromatic nitrogens is 1. The first kappa shape index (κ1) is 19.3. The van der Waals surface area contributed by atoms with Gasteiger partial charge in [0.1, 0.15) is 11.3 Å². The highest BCUT2D eigenvalue weighted by Crippen LogP contribution is 2.46. The van der Waals surface area contributed by atoms with Crippen LogP contribution in [0.1, 0.15) is 42.6 Å². The Balaban J connectivity index is 1.78. The highest BCUT2D eigenvalue weighted by Gasteiger charge is 2.48. The lowest BCUT2D eigenvalue weighted by molar-refractivity contribution is 0.0483. The molecule has 5 rings (SSSR count). The molecule has 3 fully saturated rings. The van der Waals surface area contributed by atoms with Gasteiger partial charge in [0.2, 0.25) is 5.43 Å². The Kier molecular flexibility index (Phi) is 4.30. The zero-order chi connectivity index (χ0) is 21.3. The molecule has 1 aromatic carbocycles. The third-order valence-electron chi connectivity index (χ3n) is 6.43. The molecule has 1 unspecified atom stereocenters. The Morgan fingerprint density at radius 3 is 2.77 bits per heavy atom. The summed E-state index contributed by atoms with van der Waals surface area (Å²) in [5.41, 5.74) is 5.87. The van der Waals surface area contributed by atoms with Crippen LogP contribution >= 0.6 is 0 Å². The minimum Gasteiger partial charge on any atom is -0.492 e. The van der Waals surface area contributed by atoms with Gasteiger partial charge in [-0.25, -0.2) is 9.18 Å². The first-order chi connectivity index (χ1) is 14.3. The molecule has 3 heterocycles. The number of anilines is 1. The second-order valence-corrected chi connectivity index (χ2v) is 8.48. The average Bonchev–Trinajstić information content (AvgIpc) is 3.40. The number of hydrogen-bond donors (Lipinski definition) is 2. The van der Waals surface area contributed by atoms with Crippen LogP contribution in [0.25, 0.3) is 10.9 Å². The summed E-state index contributed by atoms with van der Waals surface area (Å²) < 4.78 is 28.8. The second kappa shape index (κ2) is 6.68. The molecule has 8 nitrogen and oxygen atoms in total. The largest absolute Gasteiger partial charge is 0.492 e. The molecule has 4 atom stereocenters. The third-order valence-corrected chi connectivity index (χ3v) is 6.43. The van der Waals surface area contributed by atoms with Gasteiger partial charge in [0, 0.05) is 18.8 Å². The fraction of sp³-hybridized carbons (Fsp3) is 0.524.